The van der Waals surface area contributed by atoms with Crippen LogP contribution in [0, 0.1) is 0 Å². The van der Waals surface area contributed by atoms with Crippen molar-refractivity contribution in [3.63, 3.8) is 0 Å². The minimum absolute atomic E-state index is 0.187. The van der Waals surface area contributed by atoms with Crippen LogP contribution in [0.15, 0.2) is 12.1 Å². The molecular formula is C17H25N3O2. The Morgan fingerprint density at radius 3 is 2.68 bits per heavy atom. The molecule has 1 aromatic rings. The molecule has 0 aromatic heterocycles. The Labute approximate surface area is 132 Å². The Bertz CT molecular complexity index is 553. The SMILES string of the molecule is COc1cc2c(cc1N)N(C(=O)CN1CCCCC1)CCC2. The number of nitrogens with zero attached hydrogens (tertiary/aromatic N) is 2. The van der Waals surface area contributed by atoms with Crippen molar-refractivity contribution in [2.24, 2.45) is 0 Å². The van der Waals surface area contributed by atoms with Gasteiger partial charge in [-0.3, -0.25) is 9.69 Å². The van der Waals surface area contributed by atoms with Crippen LogP contribution in [0.1, 0.15) is 31.2 Å². The highest BCUT2D eigenvalue weighted by Crippen LogP contribution is 2.35. The first-order valence-corrected chi connectivity index (χ1v) is 8.18. The second kappa shape index (κ2) is 6.57. The quantitative estimate of drug-likeness (QED) is 0.868. The van der Waals surface area contributed by atoms with Crippen molar-refractivity contribution in [3.8, 4) is 5.75 Å². The van der Waals surface area contributed by atoms with Gasteiger partial charge >= 0.3 is 0 Å². The molecule has 1 amide bonds. The maximum Gasteiger partial charge on any atom is 0.241 e. The van der Waals surface area contributed by atoms with Gasteiger partial charge in [-0.1, -0.05) is 6.42 Å². The number of carbonyl (C=O) groups excluding carboxylic acids is 1. The summed E-state index contributed by atoms with van der Waals surface area (Å²) >= 11 is 0. The van der Waals surface area contributed by atoms with Crippen LogP contribution in [0.4, 0.5) is 11.4 Å². The number of amides is 1. The van der Waals surface area contributed by atoms with E-state index in [4.69, 9.17) is 10.5 Å². The van der Waals surface area contributed by atoms with Crippen LogP contribution in [-0.4, -0.2) is 44.1 Å². The van der Waals surface area contributed by atoms with Crippen LogP contribution in [0.25, 0.3) is 0 Å². The molecule has 120 valence electrons. The molecule has 0 bridgehead atoms. The Balaban J connectivity index is 1.78. The zero-order valence-electron chi connectivity index (χ0n) is 13.3. The number of hydrogen-bond acceptors (Lipinski definition) is 4. The van der Waals surface area contributed by atoms with Crippen LogP contribution >= 0.6 is 0 Å². The molecule has 1 aromatic carbocycles. The molecule has 2 aliphatic rings. The van der Waals surface area contributed by atoms with E-state index in [9.17, 15) is 4.79 Å². The lowest BCUT2D eigenvalue weighted by molar-refractivity contribution is -0.120. The lowest BCUT2D eigenvalue weighted by Gasteiger charge is -2.33. The third-order valence-corrected chi connectivity index (χ3v) is 4.66. The predicted octanol–water partition coefficient (Wildman–Crippen LogP) is 2.04. The average molecular weight is 303 g/mol. The van der Waals surface area contributed by atoms with Gasteiger partial charge in [0.05, 0.1) is 19.3 Å². The third-order valence-electron chi connectivity index (χ3n) is 4.66. The lowest BCUT2D eigenvalue weighted by Crippen LogP contribution is -2.44. The summed E-state index contributed by atoms with van der Waals surface area (Å²) in [4.78, 5) is 16.9. The first kappa shape index (κ1) is 15.2. The van der Waals surface area contributed by atoms with Gasteiger partial charge in [0.2, 0.25) is 5.91 Å². The molecule has 0 aliphatic carbocycles. The molecule has 1 saturated heterocycles. The molecule has 3 rings (SSSR count). The van der Waals surface area contributed by atoms with E-state index in [2.05, 4.69) is 4.90 Å². The van der Waals surface area contributed by atoms with E-state index in [0.29, 0.717) is 18.0 Å². The van der Waals surface area contributed by atoms with Gasteiger partial charge < -0.3 is 15.4 Å². The number of anilines is 2. The summed E-state index contributed by atoms with van der Waals surface area (Å²) in [5.41, 5.74) is 8.75. The van der Waals surface area contributed by atoms with E-state index in [0.717, 1.165) is 43.7 Å². The van der Waals surface area contributed by atoms with Crippen molar-refractivity contribution in [3.05, 3.63) is 17.7 Å². The molecule has 2 aliphatic heterocycles. The van der Waals surface area contributed by atoms with E-state index < -0.39 is 0 Å². The van der Waals surface area contributed by atoms with Crippen molar-refractivity contribution in [1.82, 2.24) is 4.90 Å². The van der Waals surface area contributed by atoms with Crippen molar-refractivity contribution < 1.29 is 9.53 Å². The monoisotopic (exact) mass is 303 g/mol. The molecule has 22 heavy (non-hydrogen) atoms. The third kappa shape index (κ3) is 3.04. The van der Waals surface area contributed by atoms with Gasteiger partial charge in [-0.05, 0) is 56.5 Å². The van der Waals surface area contributed by atoms with Gasteiger partial charge in [-0.15, -0.1) is 0 Å². The largest absolute Gasteiger partial charge is 0.495 e. The summed E-state index contributed by atoms with van der Waals surface area (Å²) in [6, 6.07) is 3.87. The molecule has 2 heterocycles. The molecule has 2 N–H and O–H groups in total. The minimum atomic E-state index is 0.187. The lowest BCUT2D eigenvalue weighted by atomic mass is 10.00. The number of aryl methyl sites for hydroxylation is 1. The van der Waals surface area contributed by atoms with E-state index in [1.165, 1.54) is 19.3 Å². The van der Waals surface area contributed by atoms with Gasteiger partial charge in [0.15, 0.2) is 0 Å². The van der Waals surface area contributed by atoms with Crippen LogP contribution in [-0.2, 0) is 11.2 Å². The molecule has 0 saturated carbocycles. The standard InChI is InChI=1S/C17H25N3O2/c1-22-16-10-13-6-5-9-20(15(13)11-14(16)18)17(21)12-19-7-3-2-4-8-19/h10-11H,2-9,12,18H2,1H3. The van der Waals surface area contributed by atoms with Crippen LogP contribution in [0.2, 0.25) is 0 Å². The molecule has 1 fully saturated rings. The van der Waals surface area contributed by atoms with E-state index in [-0.39, 0.29) is 5.91 Å². The van der Waals surface area contributed by atoms with Crippen LogP contribution in [0.5, 0.6) is 5.75 Å². The predicted molar refractivity (Wildman–Crippen MR) is 88.4 cm³/mol. The number of methoxy groups -OCH3 is 1. The molecule has 0 atom stereocenters. The van der Waals surface area contributed by atoms with E-state index in [1.54, 1.807) is 7.11 Å². The molecular weight excluding hydrogens is 278 g/mol. The van der Waals surface area contributed by atoms with Crippen LogP contribution < -0.4 is 15.4 Å². The summed E-state index contributed by atoms with van der Waals surface area (Å²) in [5, 5.41) is 0. The van der Waals surface area contributed by atoms with Gasteiger partial charge in [0.1, 0.15) is 5.75 Å². The molecule has 5 nitrogen and oxygen atoms in total. The minimum Gasteiger partial charge on any atom is -0.495 e. The van der Waals surface area contributed by atoms with Crippen molar-refractivity contribution in [2.45, 2.75) is 32.1 Å². The first-order chi connectivity index (χ1) is 10.7. The highest BCUT2D eigenvalue weighted by molar-refractivity contribution is 5.96. The van der Waals surface area contributed by atoms with Crippen molar-refractivity contribution in [2.75, 3.05) is 43.9 Å². The topological polar surface area (TPSA) is 58.8 Å². The number of fused-ring (bicyclic) bond motifs is 1. The van der Waals surface area contributed by atoms with Gasteiger partial charge in [-0.25, -0.2) is 0 Å². The summed E-state index contributed by atoms with van der Waals surface area (Å²) in [6.07, 6.45) is 5.65. The Hall–Kier alpha value is -1.75. The normalized spacial score (nSPS) is 18.9. The number of rotatable bonds is 3. The average Bonchev–Trinajstić information content (AvgIpc) is 2.54. The zero-order valence-corrected chi connectivity index (χ0v) is 13.3. The molecule has 5 heteroatoms. The molecule has 0 spiro atoms. The number of nitrogens with two attached hydrogens (primary N) is 1. The Kier molecular flexibility index (Phi) is 4.52. The fourth-order valence-corrected chi connectivity index (χ4v) is 3.46. The highest BCUT2D eigenvalue weighted by Gasteiger charge is 2.25. The maximum atomic E-state index is 12.7. The Morgan fingerprint density at radius 1 is 1.18 bits per heavy atom. The van der Waals surface area contributed by atoms with Crippen molar-refractivity contribution in [1.29, 1.82) is 0 Å². The van der Waals surface area contributed by atoms with Gasteiger partial charge in [0.25, 0.3) is 0 Å². The number of piperidine rings is 1. The molecule has 0 unspecified atom stereocenters. The van der Waals surface area contributed by atoms with Gasteiger partial charge in [0, 0.05) is 12.2 Å². The number of carbonyl (C=O) groups is 1. The fraction of sp³-hybridized carbons (Fsp3) is 0.588. The smallest absolute Gasteiger partial charge is 0.241 e. The molecule has 0 radical (unpaired) electrons. The van der Waals surface area contributed by atoms with E-state index >= 15 is 0 Å². The van der Waals surface area contributed by atoms with Crippen LogP contribution in [0.3, 0.4) is 0 Å². The maximum absolute atomic E-state index is 12.7. The number of ether oxygens (including phenoxy) is 1. The second-order valence-corrected chi connectivity index (χ2v) is 6.21. The number of benzene rings is 1. The fourth-order valence-electron chi connectivity index (χ4n) is 3.46. The summed E-state index contributed by atoms with van der Waals surface area (Å²) in [5.74, 6) is 0.886. The van der Waals surface area contributed by atoms with E-state index in [1.807, 2.05) is 17.0 Å². The first-order valence-electron chi connectivity index (χ1n) is 8.18. The number of nitrogen functional groups attached to an aromatic ring is 1. The highest BCUT2D eigenvalue weighted by atomic mass is 16.5. The second-order valence-electron chi connectivity index (χ2n) is 6.21. The van der Waals surface area contributed by atoms with Gasteiger partial charge in [-0.2, -0.15) is 0 Å². The zero-order chi connectivity index (χ0) is 15.5. The summed E-state index contributed by atoms with van der Waals surface area (Å²) in [7, 11) is 1.63. The number of likely N-dealkylation sites (tertiary alicyclic amines) is 1. The van der Waals surface area contributed by atoms with Crippen molar-refractivity contribution >= 4 is 17.3 Å². The number of hydrogen-bond donors (Lipinski definition) is 1. The summed E-state index contributed by atoms with van der Waals surface area (Å²) in [6.45, 7) is 3.38. The summed E-state index contributed by atoms with van der Waals surface area (Å²) < 4.78 is 5.29. The Morgan fingerprint density at radius 2 is 1.95 bits per heavy atom.